The number of aliphatic hydroxyl groups is 1. The molecule has 1 aliphatic carbocycles. The zero-order chi connectivity index (χ0) is 20.4. The molecule has 0 amide bonds. The molecule has 4 nitrogen and oxygen atoms in total. The van der Waals surface area contributed by atoms with E-state index in [0.717, 1.165) is 12.8 Å². The molecule has 0 bridgehead atoms. The number of ketones is 1. The maximum absolute atomic E-state index is 12.6. The van der Waals surface area contributed by atoms with Gasteiger partial charge >= 0.3 is 0 Å². The Kier molecular flexibility index (Phi) is 9.80. The molecule has 0 fully saturated rings. The predicted octanol–water partition coefficient (Wildman–Crippen LogP) is 5.13. The Morgan fingerprint density at radius 3 is 2.52 bits per heavy atom. The lowest BCUT2D eigenvalue weighted by Gasteiger charge is -2.30. The highest BCUT2D eigenvalue weighted by Crippen LogP contribution is 2.36. The lowest BCUT2D eigenvalue weighted by molar-refractivity contribution is -0.117. The van der Waals surface area contributed by atoms with Crippen LogP contribution in [0.25, 0.3) is 0 Å². The molecular weight excluding hydrogens is 338 g/mol. The summed E-state index contributed by atoms with van der Waals surface area (Å²) in [5, 5.41) is 10.5. The van der Waals surface area contributed by atoms with Gasteiger partial charge in [0.2, 0.25) is 0 Å². The maximum atomic E-state index is 12.6. The fraction of sp³-hybridized carbons (Fsp3) is 0.739. The highest BCUT2D eigenvalue weighted by atomic mass is 16.5. The number of aliphatic imine (C=N–C) groups is 1. The van der Waals surface area contributed by atoms with Crippen molar-refractivity contribution >= 4 is 11.5 Å². The van der Waals surface area contributed by atoms with Gasteiger partial charge in [0.25, 0.3) is 0 Å². The first-order chi connectivity index (χ1) is 12.6. The molecule has 0 atom stereocenters. The molecule has 0 saturated heterocycles. The topological polar surface area (TPSA) is 58.9 Å². The molecule has 4 heteroatoms. The summed E-state index contributed by atoms with van der Waals surface area (Å²) in [7, 11) is 0. The van der Waals surface area contributed by atoms with Crippen LogP contribution in [0.5, 0.6) is 0 Å². The lowest BCUT2D eigenvalue weighted by atomic mass is 9.75. The van der Waals surface area contributed by atoms with E-state index in [2.05, 4.69) is 30.7 Å². The molecule has 0 spiro atoms. The fourth-order valence-electron chi connectivity index (χ4n) is 3.15. The number of hydrogen-bond donors (Lipinski definition) is 1. The second-order valence-corrected chi connectivity index (χ2v) is 8.90. The van der Waals surface area contributed by atoms with Crippen LogP contribution in [-0.4, -0.2) is 36.4 Å². The summed E-state index contributed by atoms with van der Waals surface area (Å²) in [6, 6.07) is 0. The van der Waals surface area contributed by atoms with Gasteiger partial charge in [-0.3, -0.25) is 9.79 Å². The number of allylic oxidation sites excluding steroid dienone is 2. The van der Waals surface area contributed by atoms with Crippen LogP contribution in [0.3, 0.4) is 0 Å². The number of hydrogen-bond acceptors (Lipinski definition) is 4. The molecule has 0 saturated carbocycles. The van der Waals surface area contributed by atoms with Crippen molar-refractivity contribution in [1.29, 1.82) is 0 Å². The third-order valence-electron chi connectivity index (χ3n) is 4.43. The van der Waals surface area contributed by atoms with E-state index in [9.17, 15) is 9.90 Å². The van der Waals surface area contributed by atoms with Gasteiger partial charge in [0.1, 0.15) is 12.3 Å². The molecule has 0 heterocycles. The number of nitrogens with zero attached hydrogens (tertiary/aromatic N) is 1. The van der Waals surface area contributed by atoms with Crippen LogP contribution in [-0.2, 0) is 9.53 Å². The zero-order valence-electron chi connectivity index (χ0n) is 18.0. The summed E-state index contributed by atoms with van der Waals surface area (Å²) in [6.07, 6.45) is 3.63. The quantitative estimate of drug-likeness (QED) is 0.345. The number of rotatable bonds is 9. The minimum atomic E-state index is -0.208. The van der Waals surface area contributed by atoms with Crippen molar-refractivity contribution in [2.45, 2.75) is 73.6 Å². The molecule has 0 aliphatic heterocycles. The first-order valence-corrected chi connectivity index (χ1v) is 10.2. The Morgan fingerprint density at radius 1 is 1.22 bits per heavy atom. The monoisotopic (exact) mass is 375 g/mol. The molecule has 0 aromatic rings. The van der Waals surface area contributed by atoms with Gasteiger partial charge in [-0.05, 0) is 24.2 Å². The lowest BCUT2D eigenvalue weighted by Crippen LogP contribution is -2.29. The number of ether oxygens (including phenoxy) is 1. The van der Waals surface area contributed by atoms with E-state index in [-0.39, 0.29) is 22.9 Å². The van der Waals surface area contributed by atoms with Gasteiger partial charge < -0.3 is 9.84 Å². The molecule has 0 unspecified atom stereocenters. The van der Waals surface area contributed by atoms with Crippen LogP contribution in [0.15, 0.2) is 16.3 Å². The normalized spacial score (nSPS) is 17.5. The van der Waals surface area contributed by atoms with Crippen LogP contribution >= 0.6 is 0 Å². The average Bonchev–Trinajstić information content (AvgIpc) is 2.51. The summed E-state index contributed by atoms with van der Waals surface area (Å²) < 4.78 is 5.73. The molecule has 1 aliphatic rings. The van der Waals surface area contributed by atoms with Gasteiger partial charge in [-0.2, -0.15) is 0 Å². The van der Waals surface area contributed by atoms with Gasteiger partial charge in [-0.15, -0.1) is 0 Å². The summed E-state index contributed by atoms with van der Waals surface area (Å²) in [4.78, 5) is 17.2. The smallest absolute Gasteiger partial charge is 0.168 e. The van der Waals surface area contributed by atoms with Crippen LogP contribution < -0.4 is 0 Å². The summed E-state index contributed by atoms with van der Waals surface area (Å²) >= 11 is 0. The Hall–Kier alpha value is -1.60. The first-order valence-electron chi connectivity index (χ1n) is 10.2. The van der Waals surface area contributed by atoms with Crippen molar-refractivity contribution in [3.8, 4) is 11.8 Å². The fourth-order valence-corrected chi connectivity index (χ4v) is 3.15. The number of carbonyl (C=O) groups is 1. The molecule has 1 N–H and O–H groups in total. The standard InChI is InChI=1S/C23H37NO3/c1-17(2)9-7-12-24-19(11-14-27-13-8-10-18(3)4)22-20(25)15-23(5,6)16-21(22)26/h17-18,25H,8,10-16H2,1-6H3. The average molecular weight is 376 g/mol. The van der Waals surface area contributed by atoms with E-state index in [4.69, 9.17) is 4.74 Å². The van der Waals surface area contributed by atoms with E-state index in [0.29, 0.717) is 56.2 Å². The largest absolute Gasteiger partial charge is 0.511 e. The van der Waals surface area contributed by atoms with Crippen molar-refractivity contribution in [1.82, 2.24) is 0 Å². The molecule has 27 heavy (non-hydrogen) atoms. The summed E-state index contributed by atoms with van der Waals surface area (Å²) in [5.41, 5.74) is 0.821. The van der Waals surface area contributed by atoms with Gasteiger partial charge in [0, 0.05) is 31.8 Å². The van der Waals surface area contributed by atoms with Crippen LogP contribution in [0.2, 0.25) is 0 Å². The third-order valence-corrected chi connectivity index (χ3v) is 4.43. The van der Waals surface area contributed by atoms with Crippen molar-refractivity contribution in [2.24, 2.45) is 22.2 Å². The molecular formula is C23H37NO3. The highest BCUT2D eigenvalue weighted by molar-refractivity contribution is 6.23. The number of carbonyl (C=O) groups excluding carboxylic acids is 1. The Morgan fingerprint density at radius 2 is 1.93 bits per heavy atom. The second-order valence-electron chi connectivity index (χ2n) is 8.90. The van der Waals surface area contributed by atoms with E-state index < -0.39 is 0 Å². The van der Waals surface area contributed by atoms with E-state index in [1.807, 2.05) is 27.7 Å². The van der Waals surface area contributed by atoms with Gasteiger partial charge in [0.15, 0.2) is 5.78 Å². The van der Waals surface area contributed by atoms with Crippen LogP contribution in [0, 0.1) is 29.1 Å². The maximum Gasteiger partial charge on any atom is 0.168 e. The van der Waals surface area contributed by atoms with Crippen molar-refractivity contribution in [3.05, 3.63) is 11.3 Å². The van der Waals surface area contributed by atoms with Crippen molar-refractivity contribution in [3.63, 3.8) is 0 Å². The molecule has 0 aromatic heterocycles. The first kappa shape index (κ1) is 23.4. The zero-order valence-corrected chi connectivity index (χ0v) is 18.0. The Bertz CT molecular complexity index is 615. The van der Waals surface area contributed by atoms with Gasteiger partial charge in [-0.25, -0.2) is 0 Å². The van der Waals surface area contributed by atoms with Crippen LogP contribution in [0.1, 0.15) is 73.6 Å². The highest BCUT2D eigenvalue weighted by Gasteiger charge is 2.34. The SMILES string of the molecule is CC(C)C#CCN=C(CCOCCCC(C)C)C1=C(O)CC(C)(C)CC1=O. The van der Waals surface area contributed by atoms with Crippen LogP contribution in [0.4, 0.5) is 0 Å². The molecule has 0 aromatic carbocycles. The van der Waals surface area contributed by atoms with E-state index in [1.54, 1.807) is 0 Å². The van der Waals surface area contributed by atoms with E-state index >= 15 is 0 Å². The number of aliphatic hydroxyl groups excluding tert-OH is 1. The van der Waals surface area contributed by atoms with Crippen molar-refractivity contribution < 1.29 is 14.6 Å². The third kappa shape index (κ3) is 9.24. The minimum Gasteiger partial charge on any atom is -0.511 e. The molecule has 152 valence electrons. The minimum absolute atomic E-state index is 0.0286. The second kappa shape index (κ2) is 11.3. The summed E-state index contributed by atoms with van der Waals surface area (Å²) in [6.45, 7) is 14.0. The van der Waals surface area contributed by atoms with Gasteiger partial charge in [-0.1, -0.05) is 53.4 Å². The predicted molar refractivity (Wildman–Crippen MR) is 112 cm³/mol. The molecule has 1 rings (SSSR count). The Labute approximate surface area is 165 Å². The van der Waals surface area contributed by atoms with Gasteiger partial charge in [0.05, 0.1) is 17.9 Å². The number of Topliss-reactive ketones (excluding diaryl/α,β-unsaturated/α-hetero) is 1. The van der Waals surface area contributed by atoms with Crippen molar-refractivity contribution in [2.75, 3.05) is 19.8 Å². The summed E-state index contributed by atoms with van der Waals surface area (Å²) in [5.74, 6) is 7.21. The molecule has 0 radical (unpaired) electrons. The Balaban J connectivity index is 2.81. The van der Waals surface area contributed by atoms with E-state index in [1.165, 1.54) is 0 Å².